The quantitative estimate of drug-likeness (QED) is 0.270. The minimum atomic E-state index is -4.73. The molecule has 0 aliphatic rings. The maximum Gasteiger partial charge on any atom is 0.419 e. The number of rotatable bonds is 7. The first-order valence-corrected chi connectivity index (χ1v) is 10.9. The molecule has 0 atom stereocenters. The van der Waals surface area contributed by atoms with Crippen LogP contribution in [0, 0.1) is 5.82 Å². The van der Waals surface area contributed by atoms with E-state index in [-0.39, 0.29) is 23.6 Å². The van der Waals surface area contributed by atoms with Crippen molar-refractivity contribution in [2.24, 2.45) is 5.73 Å². The molecule has 0 fully saturated rings. The molecule has 36 heavy (non-hydrogen) atoms. The van der Waals surface area contributed by atoms with Crippen molar-refractivity contribution in [3.05, 3.63) is 77.3 Å². The molecule has 8 nitrogen and oxygen atoms in total. The number of nitrogens with zero attached hydrogens (tertiary/aromatic N) is 6. The summed E-state index contributed by atoms with van der Waals surface area (Å²) < 4.78 is 56.4. The van der Waals surface area contributed by atoms with E-state index in [4.69, 9.17) is 17.3 Å². The van der Waals surface area contributed by atoms with E-state index in [2.05, 4.69) is 20.1 Å². The molecule has 1 aromatic carbocycles. The highest BCUT2D eigenvalue weighted by atomic mass is 35.5. The number of halogens is 5. The predicted octanol–water partition coefficient (Wildman–Crippen LogP) is 5.06. The van der Waals surface area contributed by atoms with Crippen LogP contribution >= 0.6 is 11.6 Å². The van der Waals surface area contributed by atoms with Crippen molar-refractivity contribution in [2.75, 3.05) is 4.90 Å². The highest BCUT2D eigenvalue weighted by Crippen LogP contribution is 2.39. The predicted molar refractivity (Wildman–Crippen MR) is 124 cm³/mol. The molecule has 2 N–H and O–H groups in total. The van der Waals surface area contributed by atoms with Crippen LogP contribution in [0.1, 0.15) is 18.1 Å². The molecule has 1 amide bonds. The van der Waals surface area contributed by atoms with E-state index in [9.17, 15) is 22.4 Å². The average Bonchev–Trinajstić information content (AvgIpc) is 3.30. The second kappa shape index (κ2) is 9.90. The average molecular weight is 520 g/mol. The summed E-state index contributed by atoms with van der Waals surface area (Å²) in [6, 6.07) is 5.09. The van der Waals surface area contributed by atoms with Gasteiger partial charge in [-0.25, -0.2) is 19.3 Å². The summed E-state index contributed by atoms with van der Waals surface area (Å²) in [5.41, 5.74) is 5.44. The zero-order chi connectivity index (χ0) is 26.0. The maximum atomic E-state index is 14.4. The maximum absolute atomic E-state index is 14.4. The monoisotopic (exact) mass is 519 g/mol. The van der Waals surface area contributed by atoms with E-state index in [1.54, 1.807) is 16.9 Å². The van der Waals surface area contributed by atoms with Crippen molar-refractivity contribution >= 4 is 34.8 Å². The van der Waals surface area contributed by atoms with E-state index in [0.717, 1.165) is 6.07 Å². The third-order valence-electron chi connectivity index (χ3n) is 5.18. The second-order valence-electron chi connectivity index (χ2n) is 7.64. The Balaban J connectivity index is 1.75. The molecule has 13 heteroatoms. The Kier molecular flexibility index (Phi) is 6.88. The van der Waals surface area contributed by atoms with Crippen molar-refractivity contribution < 1.29 is 22.4 Å². The van der Waals surface area contributed by atoms with Gasteiger partial charge in [0.05, 0.1) is 35.8 Å². The minimum absolute atomic E-state index is 0.0111. The fourth-order valence-electron chi connectivity index (χ4n) is 3.42. The van der Waals surface area contributed by atoms with Gasteiger partial charge in [0.2, 0.25) is 11.9 Å². The van der Waals surface area contributed by atoms with E-state index < -0.39 is 28.6 Å². The summed E-state index contributed by atoms with van der Waals surface area (Å²) in [4.78, 5) is 24.7. The Morgan fingerprint density at radius 3 is 2.36 bits per heavy atom. The molecule has 0 saturated carbocycles. The van der Waals surface area contributed by atoms with Gasteiger partial charge in [-0.1, -0.05) is 23.7 Å². The van der Waals surface area contributed by atoms with Gasteiger partial charge in [0, 0.05) is 30.7 Å². The van der Waals surface area contributed by atoms with E-state index in [0.29, 0.717) is 23.4 Å². The van der Waals surface area contributed by atoms with E-state index in [1.165, 1.54) is 41.8 Å². The first-order chi connectivity index (χ1) is 17.1. The number of nitrogens with two attached hydrogens (primary N) is 1. The number of hydrogen-bond donors (Lipinski definition) is 1. The van der Waals surface area contributed by atoms with Crippen molar-refractivity contribution in [3.8, 4) is 11.1 Å². The van der Waals surface area contributed by atoms with Crippen molar-refractivity contribution in [2.45, 2.75) is 26.1 Å². The number of pyridine rings is 1. The van der Waals surface area contributed by atoms with Gasteiger partial charge < -0.3 is 5.73 Å². The normalized spacial score (nSPS) is 11.5. The summed E-state index contributed by atoms with van der Waals surface area (Å²) in [7, 11) is 0. The zero-order valence-corrected chi connectivity index (χ0v) is 19.4. The van der Waals surface area contributed by atoms with Gasteiger partial charge in [-0.15, -0.1) is 0 Å². The number of carbonyl (C=O) groups excluding carboxylic acids is 1. The smallest absolute Gasteiger partial charge is 0.369 e. The molecule has 0 unspecified atom stereocenters. The fraction of sp³-hybridized carbons (Fsp3) is 0.174. The first kappa shape index (κ1) is 25.0. The molecule has 3 heterocycles. The Bertz CT molecular complexity index is 1410. The van der Waals surface area contributed by atoms with Crippen LogP contribution in [-0.2, 0) is 23.9 Å². The van der Waals surface area contributed by atoms with Crippen LogP contribution in [-0.4, -0.2) is 30.6 Å². The number of primary amides is 1. The molecule has 4 aromatic rings. The highest BCUT2D eigenvalue weighted by Gasteiger charge is 2.35. The Hall–Kier alpha value is -4.06. The zero-order valence-electron chi connectivity index (χ0n) is 18.7. The lowest BCUT2D eigenvalue weighted by Crippen LogP contribution is -2.15. The molecule has 0 saturated heterocycles. The molecule has 0 radical (unpaired) electrons. The SMILES string of the molecule is CCn1cc(N(c2cnc(Cl)c(C(F)(F)F)c2)c2ncc(-c3ccc(CC(N)=O)c(F)c3)cn2)cn1. The summed E-state index contributed by atoms with van der Waals surface area (Å²) in [5.74, 6) is -1.25. The fourth-order valence-corrected chi connectivity index (χ4v) is 3.63. The Morgan fingerprint density at radius 2 is 1.78 bits per heavy atom. The summed E-state index contributed by atoms with van der Waals surface area (Å²) >= 11 is 5.69. The standard InChI is InChI=1S/C23H18ClF4N7O/c1-2-34-12-17(11-33-34)35(16-7-18(23(26,27)28)21(24)30-10-16)22-31-8-15(9-32-22)13-3-4-14(6-20(29)36)19(25)5-13/h3-5,7-12H,2,6H2,1H3,(H2,29,36). The van der Waals surface area contributed by atoms with Crippen LogP contribution in [0.5, 0.6) is 0 Å². The van der Waals surface area contributed by atoms with Gasteiger partial charge >= 0.3 is 6.18 Å². The molecule has 4 rings (SSSR count). The third-order valence-corrected chi connectivity index (χ3v) is 5.48. The molecule has 0 bridgehead atoms. The molecule has 0 aliphatic heterocycles. The van der Waals surface area contributed by atoms with Crippen LogP contribution in [0.15, 0.2) is 55.2 Å². The third kappa shape index (κ3) is 5.28. The van der Waals surface area contributed by atoms with Gasteiger partial charge in [-0.3, -0.25) is 14.4 Å². The minimum Gasteiger partial charge on any atom is -0.369 e. The van der Waals surface area contributed by atoms with E-state index >= 15 is 0 Å². The van der Waals surface area contributed by atoms with Gasteiger partial charge in [0.15, 0.2) is 0 Å². The van der Waals surface area contributed by atoms with Crippen molar-refractivity contribution in [1.29, 1.82) is 0 Å². The Morgan fingerprint density at radius 1 is 1.06 bits per heavy atom. The number of aryl methyl sites for hydroxylation is 1. The summed E-state index contributed by atoms with van der Waals surface area (Å²) in [6.45, 7) is 2.38. The number of hydrogen-bond acceptors (Lipinski definition) is 6. The highest BCUT2D eigenvalue weighted by molar-refractivity contribution is 6.30. The van der Waals surface area contributed by atoms with Crippen LogP contribution < -0.4 is 10.6 Å². The van der Waals surface area contributed by atoms with Gasteiger partial charge in [-0.05, 0) is 30.2 Å². The van der Waals surface area contributed by atoms with Gasteiger partial charge in [0.25, 0.3) is 0 Å². The topological polar surface area (TPSA) is 103 Å². The molecule has 0 spiro atoms. The number of alkyl halides is 3. The molecule has 0 aliphatic carbocycles. The lowest BCUT2D eigenvalue weighted by atomic mass is 10.0. The number of aromatic nitrogens is 5. The van der Waals surface area contributed by atoms with Crippen LogP contribution in [0.4, 0.5) is 34.9 Å². The molecular formula is C23H18ClF4N7O. The second-order valence-corrected chi connectivity index (χ2v) is 8.00. The number of anilines is 3. The summed E-state index contributed by atoms with van der Waals surface area (Å²) in [6.07, 6.45) is 2.07. The largest absolute Gasteiger partial charge is 0.419 e. The molecular weight excluding hydrogens is 502 g/mol. The Labute approximate surface area is 207 Å². The van der Waals surface area contributed by atoms with Crippen LogP contribution in [0.2, 0.25) is 5.15 Å². The van der Waals surface area contributed by atoms with Gasteiger partial charge in [0.1, 0.15) is 11.0 Å². The van der Waals surface area contributed by atoms with Crippen LogP contribution in [0.3, 0.4) is 0 Å². The lowest BCUT2D eigenvalue weighted by molar-refractivity contribution is -0.137. The number of benzene rings is 1. The summed E-state index contributed by atoms with van der Waals surface area (Å²) in [5, 5.41) is 3.49. The molecule has 186 valence electrons. The number of amides is 1. The lowest BCUT2D eigenvalue weighted by Gasteiger charge is -2.22. The first-order valence-electron chi connectivity index (χ1n) is 10.5. The van der Waals surface area contributed by atoms with Gasteiger partial charge in [-0.2, -0.15) is 18.3 Å². The number of carbonyl (C=O) groups is 1. The van der Waals surface area contributed by atoms with Crippen LogP contribution in [0.25, 0.3) is 11.1 Å². The van der Waals surface area contributed by atoms with E-state index in [1.807, 2.05) is 6.92 Å². The molecule has 3 aromatic heterocycles. The van der Waals surface area contributed by atoms with Crippen molar-refractivity contribution in [3.63, 3.8) is 0 Å². The van der Waals surface area contributed by atoms with Crippen molar-refractivity contribution in [1.82, 2.24) is 24.7 Å².